The predicted octanol–water partition coefficient (Wildman–Crippen LogP) is 4.18. The van der Waals surface area contributed by atoms with E-state index in [4.69, 9.17) is 4.99 Å². The van der Waals surface area contributed by atoms with Crippen molar-refractivity contribution in [3.63, 3.8) is 0 Å². The summed E-state index contributed by atoms with van der Waals surface area (Å²) in [5.74, 6) is 1.78. The summed E-state index contributed by atoms with van der Waals surface area (Å²) in [6.45, 7) is 6.48. The van der Waals surface area contributed by atoms with Gasteiger partial charge in [-0.2, -0.15) is 0 Å². The fourth-order valence-corrected chi connectivity index (χ4v) is 4.80. The van der Waals surface area contributed by atoms with E-state index in [0.717, 1.165) is 19.0 Å². The van der Waals surface area contributed by atoms with Gasteiger partial charge in [0.1, 0.15) is 0 Å². The minimum Gasteiger partial charge on any atom is -0.357 e. The van der Waals surface area contributed by atoms with Crippen molar-refractivity contribution in [2.45, 2.75) is 51.4 Å². The predicted molar refractivity (Wildman–Crippen MR) is 111 cm³/mol. The summed E-state index contributed by atoms with van der Waals surface area (Å²) < 4.78 is 0. The van der Waals surface area contributed by atoms with Crippen molar-refractivity contribution < 1.29 is 0 Å². The number of rotatable bonds is 3. The van der Waals surface area contributed by atoms with Crippen LogP contribution in [-0.4, -0.2) is 37.0 Å². The first-order chi connectivity index (χ1) is 11.3. The van der Waals surface area contributed by atoms with Gasteiger partial charge < -0.3 is 10.2 Å². The molecule has 1 saturated heterocycles. The van der Waals surface area contributed by atoms with Gasteiger partial charge in [-0.05, 0) is 49.1 Å². The molecule has 0 radical (unpaired) electrons. The maximum Gasteiger partial charge on any atom is 0.193 e. The van der Waals surface area contributed by atoms with Crippen LogP contribution in [0.2, 0.25) is 0 Å². The largest absolute Gasteiger partial charge is 0.357 e. The van der Waals surface area contributed by atoms with Gasteiger partial charge in [0.2, 0.25) is 0 Å². The number of aliphatic imine (C=N–C) groups is 1. The molecular formula is C20H30IN3. The standard InChI is InChI=1S/C20H29N3.HI/c1-2-21-19(23-12-11-20(15-23)9-5-6-10-20)22-14-17-13-16-7-3-4-8-18(16)17;/h3-4,7-8,17H,2,5-6,9-15H2,1H3,(H,21,22);1H. The summed E-state index contributed by atoms with van der Waals surface area (Å²) in [4.78, 5) is 7.53. The summed E-state index contributed by atoms with van der Waals surface area (Å²) >= 11 is 0. The van der Waals surface area contributed by atoms with E-state index in [1.165, 1.54) is 62.7 Å². The quantitative estimate of drug-likeness (QED) is 0.435. The lowest BCUT2D eigenvalue weighted by atomic mass is 9.78. The minimum absolute atomic E-state index is 0. The molecule has 1 atom stereocenters. The Bertz CT molecular complexity index is 592. The Hall–Kier alpha value is -0.780. The topological polar surface area (TPSA) is 27.6 Å². The van der Waals surface area contributed by atoms with E-state index in [-0.39, 0.29) is 24.0 Å². The van der Waals surface area contributed by atoms with Gasteiger partial charge in [-0.1, -0.05) is 37.1 Å². The van der Waals surface area contributed by atoms with Crippen LogP contribution in [0.3, 0.4) is 0 Å². The van der Waals surface area contributed by atoms with E-state index >= 15 is 0 Å². The maximum atomic E-state index is 5.00. The third kappa shape index (κ3) is 3.44. The number of hydrogen-bond acceptors (Lipinski definition) is 1. The zero-order valence-electron chi connectivity index (χ0n) is 14.8. The van der Waals surface area contributed by atoms with E-state index in [2.05, 4.69) is 41.4 Å². The van der Waals surface area contributed by atoms with Crippen molar-refractivity contribution in [3.05, 3.63) is 35.4 Å². The number of nitrogens with zero attached hydrogens (tertiary/aromatic N) is 2. The monoisotopic (exact) mass is 439 g/mol. The number of nitrogens with one attached hydrogen (secondary N) is 1. The Morgan fingerprint density at radius 1 is 1.25 bits per heavy atom. The molecule has 1 aliphatic heterocycles. The summed E-state index contributed by atoms with van der Waals surface area (Å²) in [6, 6.07) is 8.83. The molecule has 1 heterocycles. The highest BCUT2D eigenvalue weighted by atomic mass is 127. The third-order valence-corrected chi connectivity index (χ3v) is 6.16. The smallest absolute Gasteiger partial charge is 0.193 e. The van der Waals surface area contributed by atoms with Crippen LogP contribution < -0.4 is 5.32 Å². The van der Waals surface area contributed by atoms with E-state index in [0.29, 0.717) is 11.3 Å². The Kier molecular flexibility index (Phi) is 5.73. The average Bonchev–Trinajstić information content (AvgIpc) is 3.18. The van der Waals surface area contributed by atoms with E-state index in [1.807, 2.05) is 0 Å². The zero-order valence-corrected chi connectivity index (χ0v) is 17.1. The van der Waals surface area contributed by atoms with Gasteiger partial charge in [-0.25, -0.2) is 0 Å². The normalized spacial score (nSPS) is 24.5. The highest BCUT2D eigenvalue weighted by Crippen LogP contribution is 2.45. The number of halogens is 1. The Morgan fingerprint density at radius 2 is 2.04 bits per heavy atom. The Balaban J connectivity index is 0.00000169. The van der Waals surface area contributed by atoms with Crippen LogP contribution in [0.4, 0.5) is 0 Å². The molecule has 1 aromatic carbocycles. The van der Waals surface area contributed by atoms with Crippen molar-refractivity contribution in [1.82, 2.24) is 10.2 Å². The zero-order chi connectivity index (χ0) is 15.7. The van der Waals surface area contributed by atoms with Gasteiger partial charge in [0, 0.05) is 32.1 Å². The van der Waals surface area contributed by atoms with Crippen LogP contribution in [0.5, 0.6) is 0 Å². The van der Waals surface area contributed by atoms with Gasteiger partial charge in [0.25, 0.3) is 0 Å². The second-order valence-corrected chi connectivity index (χ2v) is 7.67. The molecular weight excluding hydrogens is 409 g/mol. The molecule has 24 heavy (non-hydrogen) atoms. The molecule has 2 aliphatic carbocycles. The van der Waals surface area contributed by atoms with Crippen LogP contribution in [-0.2, 0) is 6.42 Å². The maximum absolute atomic E-state index is 5.00. The van der Waals surface area contributed by atoms with Crippen molar-refractivity contribution in [3.8, 4) is 0 Å². The summed E-state index contributed by atoms with van der Waals surface area (Å²) in [5, 5.41) is 3.53. The summed E-state index contributed by atoms with van der Waals surface area (Å²) in [6.07, 6.45) is 8.28. The second-order valence-electron chi connectivity index (χ2n) is 7.67. The summed E-state index contributed by atoms with van der Waals surface area (Å²) in [5.41, 5.74) is 3.64. The highest BCUT2D eigenvalue weighted by Gasteiger charge is 2.41. The first kappa shape index (κ1) is 18.0. The first-order valence-electron chi connectivity index (χ1n) is 9.41. The van der Waals surface area contributed by atoms with Gasteiger partial charge in [-0.15, -0.1) is 24.0 Å². The van der Waals surface area contributed by atoms with Crippen LogP contribution >= 0.6 is 24.0 Å². The molecule has 0 aromatic heterocycles. The van der Waals surface area contributed by atoms with Crippen LogP contribution in [0.25, 0.3) is 0 Å². The minimum atomic E-state index is 0. The first-order valence-corrected chi connectivity index (χ1v) is 9.41. The molecule has 2 fully saturated rings. The summed E-state index contributed by atoms with van der Waals surface area (Å²) in [7, 11) is 0. The SMILES string of the molecule is CCNC(=NCC1Cc2ccccc21)N1CCC2(CCCC2)C1.I. The number of benzene rings is 1. The second kappa shape index (κ2) is 7.63. The average molecular weight is 439 g/mol. The van der Waals surface area contributed by atoms with Crippen LogP contribution in [0, 0.1) is 5.41 Å². The molecule has 132 valence electrons. The Morgan fingerprint density at radius 3 is 2.79 bits per heavy atom. The van der Waals surface area contributed by atoms with Crippen molar-refractivity contribution >= 4 is 29.9 Å². The third-order valence-electron chi connectivity index (χ3n) is 6.16. The Labute approximate surface area is 163 Å². The molecule has 0 bridgehead atoms. The molecule has 4 rings (SSSR count). The van der Waals surface area contributed by atoms with Gasteiger partial charge >= 0.3 is 0 Å². The molecule has 0 amide bonds. The molecule has 1 aromatic rings. The number of guanidine groups is 1. The molecule has 1 spiro atoms. The molecule has 1 unspecified atom stereocenters. The number of fused-ring (bicyclic) bond motifs is 1. The number of likely N-dealkylation sites (tertiary alicyclic amines) is 1. The highest BCUT2D eigenvalue weighted by molar-refractivity contribution is 14.0. The van der Waals surface area contributed by atoms with Crippen molar-refractivity contribution in [1.29, 1.82) is 0 Å². The lowest BCUT2D eigenvalue weighted by molar-refractivity contribution is 0.309. The molecule has 3 nitrogen and oxygen atoms in total. The van der Waals surface area contributed by atoms with Crippen molar-refractivity contribution in [2.75, 3.05) is 26.2 Å². The lowest BCUT2D eigenvalue weighted by Gasteiger charge is -2.30. The lowest BCUT2D eigenvalue weighted by Crippen LogP contribution is -2.41. The molecule has 3 aliphatic rings. The van der Waals surface area contributed by atoms with Gasteiger partial charge in [-0.3, -0.25) is 4.99 Å². The van der Waals surface area contributed by atoms with E-state index in [1.54, 1.807) is 0 Å². The number of hydrogen-bond donors (Lipinski definition) is 1. The van der Waals surface area contributed by atoms with Gasteiger partial charge in [0.15, 0.2) is 5.96 Å². The fourth-order valence-electron chi connectivity index (χ4n) is 4.80. The fraction of sp³-hybridized carbons (Fsp3) is 0.650. The molecule has 1 saturated carbocycles. The molecule has 4 heteroatoms. The van der Waals surface area contributed by atoms with Crippen molar-refractivity contribution in [2.24, 2.45) is 10.4 Å². The van der Waals surface area contributed by atoms with E-state index < -0.39 is 0 Å². The van der Waals surface area contributed by atoms with E-state index in [9.17, 15) is 0 Å². The molecule has 1 N–H and O–H groups in total. The van der Waals surface area contributed by atoms with Crippen LogP contribution in [0.15, 0.2) is 29.3 Å². The van der Waals surface area contributed by atoms with Gasteiger partial charge in [0.05, 0.1) is 0 Å². The van der Waals surface area contributed by atoms with Crippen LogP contribution in [0.1, 0.15) is 56.1 Å².